The van der Waals surface area contributed by atoms with Crippen molar-refractivity contribution >= 4 is 33.7 Å². The number of pyridine rings is 2. The van der Waals surface area contributed by atoms with E-state index in [0.717, 1.165) is 23.3 Å². The average Bonchev–Trinajstić information content (AvgIpc) is 3.14. The molecule has 37 heavy (non-hydrogen) atoms. The molecule has 188 valence electrons. The number of methoxy groups -OCH3 is 1. The highest BCUT2D eigenvalue weighted by atomic mass is 19.4. The fourth-order valence-electron chi connectivity index (χ4n) is 4.19. The maximum atomic E-state index is 13.4. The van der Waals surface area contributed by atoms with Gasteiger partial charge >= 0.3 is 11.9 Å². The van der Waals surface area contributed by atoms with E-state index in [4.69, 9.17) is 4.74 Å². The molecule has 3 aromatic heterocycles. The lowest BCUT2D eigenvalue weighted by Gasteiger charge is -2.11. The van der Waals surface area contributed by atoms with Gasteiger partial charge in [-0.3, -0.25) is 18.9 Å². The summed E-state index contributed by atoms with van der Waals surface area (Å²) in [4.78, 5) is 33.6. The van der Waals surface area contributed by atoms with Crippen LogP contribution in [0, 0.1) is 0 Å². The maximum Gasteiger partial charge on any atom is 0.416 e. The van der Waals surface area contributed by atoms with E-state index in [1.54, 1.807) is 31.4 Å². The van der Waals surface area contributed by atoms with Gasteiger partial charge in [0.1, 0.15) is 12.4 Å². The van der Waals surface area contributed by atoms with Gasteiger partial charge in [-0.2, -0.15) is 13.2 Å². The molecule has 1 N–H and O–H groups in total. The zero-order chi connectivity index (χ0) is 26.3. The van der Waals surface area contributed by atoms with Gasteiger partial charge in [-0.1, -0.05) is 12.1 Å². The van der Waals surface area contributed by atoms with Crippen molar-refractivity contribution in [3.8, 4) is 16.8 Å². The molecule has 0 bridgehead atoms. The van der Waals surface area contributed by atoms with E-state index in [9.17, 15) is 22.8 Å². The van der Waals surface area contributed by atoms with Crippen LogP contribution in [0.15, 0.2) is 71.8 Å². The number of carbonyl (C=O) groups is 1. The summed E-state index contributed by atoms with van der Waals surface area (Å²) in [6, 6.07) is 13.5. The van der Waals surface area contributed by atoms with Gasteiger partial charge in [0.2, 0.25) is 0 Å². The summed E-state index contributed by atoms with van der Waals surface area (Å²) in [7, 11) is 2.97. The molecule has 8 nitrogen and oxygen atoms in total. The predicted octanol–water partition coefficient (Wildman–Crippen LogP) is 4.54. The Morgan fingerprint density at radius 1 is 1.03 bits per heavy atom. The summed E-state index contributed by atoms with van der Waals surface area (Å²) in [5.41, 5.74) is 1.71. The lowest BCUT2D eigenvalue weighted by Crippen LogP contribution is -2.21. The van der Waals surface area contributed by atoms with Gasteiger partial charge in [0.25, 0.3) is 5.91 Å². The van der Waals surface area contributed by atoms with Crippen molar-refractivity contribution in [3.63, 3.8) is 0 Å². The number of nitrogens with zero attached hydrogens (tertiary/aromatic N) is 4. The molecule has 0 unspecified atom stereocenters. The molecular weight excluding hydrogens is 487 g/mol. The number of rotatable bonds is 5. The number of halogens is 3. The average molecular weight is 507 g/mol. The second-order valence-electron chi connectivity index (χ2n) is 8.36. The molecule has 3 heterocycles. The molecule has 11 heteroatoms. The van der Waals surface area contributed by atoms with Crippen molar-refractivity contribution in [1.82, 2.24) is 19.1 Å². The van der Waals surface area contributed by atoms with Crippen LogP contribution in [0.25, 0.3) is 38.8 Å². The van der Waals surface area contributed by atoms with Crippen molar-refractivity contribution < 1.29 is 22.7 Å². The van der Waals surface area contributed by atoms with Crippen molar-refractivity contribution in [2.75, 3.05) is 19.0 Å². The SMILES string of the molecule is COCC(=O)Nc1ccc(-c2ccc3ncc4c(c3c2)n(-c2cccc(C(F)(F)F)c2)c(=O)n4C)cn1. The van der Waals surface area contributed by atoms with Crippen LogP contribution < -0.4 is 11.0 Å². The molecule has 0 saturated heterocycles. The number of imidazole rings is 1. The number of anilines is 1. The van der Waals surface area contributed by atoms with Crippen LogP contribution in [-0.4, -0.2) is 38.7 Å². The van der Waals surface area contributed by atoms with E-state index < -0.39 is 17.4 Å². The van der Waals surface area contributed by atoms with E-state index in [1.807, 2.05) is 12.1 Å². The van der Waals surface area contributed by atoms with Crippen LogP contribution in [0.4, 0.5) is 19.0 Å². The molecule has 2 aromatic carbocycles. The van der Waals surface area contributed by atoms with Crippen LogP contribution in [0.3, 0.4) is 0 Å². The normalized spacial score (nSPS) is 11.8. The zero-order valence-corrected chi connectivity index (χ0v) is 19.7. The highest BCUT2D eigenvalue weighted by Gasteiger charge is 2.31. The van der Waals surface area contributed by atoms with E-state index in [-0.39, 0.29) is 18.2 Å². The molecule has 1 amide bonds. The smallest absolute Gasteiger partial charge is 0.375 e. The Labute approximate surface area is 208 Å². The minimum Gasteiger partial charge on any atom is -0.375 e. The first kappa shape index (κ1) is 24.2. The van der Waals surface area contributed by atoms with Gasteiger partial charge < -0.3 is 10.1 Å². The second kappa shape index (κ2) is 9.17. The summed E-state index contributed by atoms with van der Waals surface area (Å²) in [6.45, 7) is -0.0955. The second-order valence-corrected chi connectivity index (χ2v) is 8.36. The quantitative estimate of drug-likeness (QED) is 0.377. The molecule has 0 atom stereocenters. The highest BCUT2D eigenvalue weighted by Crippen LogP contribution is 2.33. The molecule has 0 fully saturated rings. The van der Waals surface area contributed by atoms with E-state index >= 15 is 0 Å². The summed E-state index contributed by atoms with van der Waals surface area (Å²) >= 11 is 0. The first-order valence-electron chi connectivity index (χ1n) is 11.1. The van der Waals surface area contributed by atoms with Crippen molar-refractivity contribution in [3.05, 3.63) is 83.0 Å². The van der Waals surface area contributed by atoms with Crippen molar-refractivity contribution in [2.24, 2.45) is 7.05 Å². The van der Waals surface area contributed by atoms with Gasteiger partial charge in [0.05, 0.1) is 34.0 Å². The number of aromatic nitrogens is 4. The molecule has 0 radical (unpaired) electrons. The van der Waals surface area contributed by atoms with Gasteiger partial charge in [0, 0.05) is 31.3 Å². The Kier molecular flexibility index (Phi) is 6.00. The van der Waals surface area contributed by atoms with Crippen LogP contribution >= 0.6 is 0 Å². The van der Waals surface area contributed by atoms with Gasteiger partial charge in [-0.25, -0.2) is 9.78 Å². The molecule has 0 aliphatic heterocycles. The third kappa shape index (κ3) is 4.45. The number of benzene rings is 2. The summed E-state index contributed by atoms with van der Waals surface area (Å²) in [5, 5.41) is 3.20. The number of aryl methyl sites for hydroxylation is 1. The van der Waals surface area contributed by atoms with Crippen molar-refractivity contribution in [1.29, 1.82) is 0 Å². The van der Waals surface area contributed by atoms with Crippen LogP contribution in [0.1, 0.15) is 5.56 Å². The van der Waals surface area contributed by atoms with E-state index in [1.165, 1.54) is 34.6 Å². The van der Waals surface area contributed by atoms with Gasteiger partial charge in [-0.05, 0) is 48.0 Å². The molecule has 0 saturated carbocycles. The summed E-state index contributed by atoms with van der Waals surface area (Å²) in [6.07, 6.45) is -1.44. The number of amides is 1. The Hall–Kier alpha value is -4.51. The number of hydrogen-bond donors (Lipinski definition) is 1. The third-order valence-electron chi connectivity index (χ3n) is 5.95. The zero-order valence-electron chi connectivity index (χ0n) is 19.7. The first-order chi connectivity index (χ1) is 17.7. The minimum atomic E-state index is -4.55. The molecule has 5 rings (SSSR count). The Bertz CT molecular complexity index is 1710. The first-order valence-corrected chi connectivity index (χ1v) is 11.1. The van der Waals surface area contributed by atoms with E-state index in [2.05, 4.69) is 15.3 Å². The predicted molar refractivity (Wildman–Crippen MR) is 133 cm³/mol. The molecule has 0 aliphatic carbocycles. The molecule has 0 spiro atoms. The topological polar surface area (TPSA) is 91.0 Å². The third-order valence-corrected chi connectivity index (χ3v) is 5.95. The standard InChI is InChI=1S/C26H20F3N5O3/c1-33-21-13-30-20-8-6-15(16-7-9-22(31-12-16)32-23(35)14-37-2)10-19(20)24(21)34(25(33)36)18-5-3-4-17(11-18)26(27,28)29/h3-13H,14H2,1-2H3,(H,31,32,35). The van der Waals surface area contributed by atoms with Gasteiger partial charge in [-0.15, -0.1) is 0 Å². The van der Waals surface area contributed by atoms with Crippen LogP contribution in [0.2, 0.25) is 0 Å². The Balaban J connectivity index is 1.66. The summed E-state index contributed by atoms with van der Waals surface area (Å²) < 4.78 is 47.6. The number of ether oxygens (including phenoxy) is 1. The molecular formula is C26H20F3N5O3. The van der Waals surface area contributed by atoms with Gasteiger partial charge in [0.15, 0.2) is 0 Å². The Morgan fingerprint density at radius 3 is 2.51 bits per heavy atom. The largest absolute Gasteiger partial charge is 0.416 e. The number of nitrogens with one attached hydrogen (secondary N) is 1. The number of carbonyl (C=O) groups excluding carboxylic acids is 1. The van der Waals surface area contributed by atoms with Crippen LogP contribution in [0.5, 0.6) is 0 Å². The maximum absolute atomic E-state index is 13.4. The minimum absolute atomic E-state index is 0.0955. The lowest BCUT2D eigenvalue weighted by molar-refractivity contribution is -0.137. The monoisotopic (exact) mass is 507 g/mol. The fraction of sp³-hybridized carbons (Fsp3) is 0.154. The van der Waals surface area contributed by atoms with Crippen molar-refractivity contribution in [2.45, 2.75) is 6.18 Å². The Morgan fingerprint density at radius 2 is 1.81 bits per heavy atom. The highest BCUT2D eigenvalue weighted by molar-refractivity contribution is 6.04. The number of hydrogen-bond acceptors (Lipinski definition) is 5. The molecule has 0 aliphatic rings. The fourth-order valence-corrected chi connectivity index (χ4v) is 4.19. The van der Waals surface area contributed by atoms with Crippen LogP contribution in [-0.2, 0) is 22.8 Å². The van der Waals surface area contributed by atoms with E-state index in [0.29, 0.717) is 27.8 Å². The number of fused-ring (bicyclic) bond motifs is 3. The lowest BCUT2D eigenvalue weighted by atomic mass is 10.0. The summed E-state index contributed by atoms with van der Waals surface area (Å²) in [5.74, 6) is 0.0238. The number of alkyl halides is 3. The molecule has 5 aromatic rings.